The van der Waals surface area contributed by atoms with Gasteiger partial charge >= 0.3 is 5.97 Å². The third-order valence-corrected chi connectivity index (χ3v) is 3.26. The zero-order valence-corrected chi connectivity index (χ0v) is 13.8. The van der Waals surface area contributed by atoms with Crippen molar-refractivity contribution in [2.45, 2.75) is 13.0 Å². The van der Waals surface area contributed by atoms with Crippen LogP contribution in [0, 0.1) is 11.6 Å². The molecule has 132 valence electrons. The summed E-state index contributed by atoms with van der Waals surface area (Å²) in [6, 6.07) is 9.04. The van der Waals surface area contributed by atoms with Crippen LogP contribution in [-0.2, 0) is 14.3 Å². The summed E-state index contributed by atoms with van der Waals surface area (Å²) in [5, 5.41) is 2.69. The number of nitrogens with one attached hydrogen (secondary N) is 1. The van der Waals surface area contributed by atoms with Crippen molar-refractivity contribution in [1.29, 1.82) is 0 Å². The van der Waals surface area contributed by atoms with Crippen LogP contribution in [0.15, 0.2) is 42.5 Å². The van der Waals surface area contributed by atoms with E-state index in [0.29, 0.717) is 16.8 Å². The minimum Gasteiger partial charge on any atom is -0.479 e. The van der Waals surface area contributed by atoms with Gasteiger partial charge in [0.1, 0.15) is 17.4 Å². The summed E-state index contributed by atoms with van der Waals surface area (Å²) in [6.45, 7) is 0.818. The van der Waals surface area contributed by atoms with Crippen LogP contribution < -0.4 is 10.1 Å². The molecule has 0 aromatic heterocycles. The summed E-state index contributed by atoms with van der Waals surface area (Å²) in [4.78, 5) is 23.5. The molecule has 0 aliphatic rings. The van der Waals surface area contributed by atoms with Crippen LogP contribution in [0.5, 0.6) is 5.75 Å². The van der Waals surface area contributed by atoms with Crippen molar-refractivity contribution in [2.24, 2.45) is 0 Å². The number of benzene rings is 2. The summed E-state index contributed by atoms with van der Waals surface area (Å²) >= 11 is 5.74. The molecule has 0 heterocycles. The van der Waals surface area contributed by atoms with Crippen LogP contribution in [0.1, 0.15) is 6.92 Å². The number of hydrogen-bond acceptors (Lipinski definition) is 4. The lowest BCUT2D eigenvalue weighted by atomic mass is 10.3. The lowest BCUT2D eigenvalue weighted by molar-refractivity contribution is -0.153. The molecular weight excluding hydrogens is 356 g/mol. The molecule has 0 aliphatic carbocycles. The van der Waals surface area contributed by atoms with E-state index in [9.17, 15) is 18.4 Å². The Morgan fingerprint density at radius 2 is 1.84 bits per heavy atom. The third-order valence-electron chi connectivity index (χ3n) is 3.01. The largest absolute Gasteiger partial charge is 0.479 e. The van der Waals surface area contributed by atoms with Crippen molar-refractivity contribution < 1.29 is 27.8 Å². The molecule has 0 saturated heterocycles. The number of rotatable bonds is 6. The molecule has 0 unspecified atom stereocenters. The Balaban J connectivity index is 1.82. The molecule has 2 aromatic rings. The number of ether oxygens (including phenoxy) is 2. The van der Waals surface area contributed by atoms with Gasteiger partial charge in [-0.05, 0) is 43.3 Å². The molecular formula is C17H14ClF2NO4. The second-order valence-electron chi connectivity index (χ2n) is 4.99. The van der Waals surface area contributed by atoms with Crippen molar-refractivity contribution in [2.75, 3.05) is 11.9 Å². The van der Waals surface area contributed by atoms with E-state index >= 15 is 0 Å². The Kier molecular flexibility index (Phi) is 6.30. The first-order valence-corrected chi connectivity index (χ1v) is 7.56. The van der Waals surface area contributed by atoms with Crippen molar-refractivity contribution in [1.82, 2.24) is 0 Å². The van der Waals surface area contributed by atoms with Crippen LogP contribution in [0.25, 0.3) is 0 Å². The van der Waals surface area contributed by atoms with E-state index in [1.807, 2.05) is 0 Å². The van der Waals surface area contributed by atoms with E-state index in [4.69, 9.17) is 21.1 Å². The summed E-state index contributed by atoms with van der Waals surface area (Å²) in [6.07, 6.45) is -0.962. The quantitative estimate of drug-likeness (QED) is 0.791. The van der Waals surface area contributed by atoms with Crippen molar-refractivity contribution >= 4 is 29.2 Å². The van der Waals surface area contributed by atoms with Crippen LogP contribution in [-0.4, -0.2) is 24.6 Å². The number of carbonyl (C=O) groups is 2. The van der Waals surface area contributed by atoms with Gasteiger partial charge in [0.25, 0.3) is 5.91 Å². The van der Waals surface area contributed by atoms with Crippen molar-refractivity contribution in [3.05, 3.63) is 59.1 Å². The van der Waals surface area contributed by atoms with Crippen molar-refractivity contribution in [3.8, 4) is 5.75 Å². The molecule has 0 fully saturated rings. The van der Waals surface area contributed by atoms with Gasteiger partial charge in [0.2, 0.25) is 0 Å². The molecule has 0 aliphatic heterocycles. The summed E-state index contributed by atoms with van der Waals surface area (Å²) < 4.78 is 36.3. The van der Waals surface area contributed by atoms with Crippen LogP contribution >= 0.6 is 11.6 Å². The highest BCUT2D eigenvalue weighted by Gasteiger charge is 2.18. The molecule has 1 atom stereocenters. The zero-order chi connectivity index (χ0) is 18.4. The average molecular weight is 370 g/mol. The van der Waals surface area contributed by atoms with E-state index in [0.717, 1.165) is 12.1 Å². The predicted molar refractivity (Wildman–Crippen MR) is 87.5 cm³/mol. The number of esters is 1. The predicted octanol–water partition coefficient (Wildman–Crippen LogP) is 3.57. The summed E-state index contributed by atoms with van der Waals surface area (Å²) in [5.41, 5.74) is -0.215. The van der Waals surface area contributed by atoms with Gasteiger partial charge in [0, 0.05) is 11.1 Å². The maximum atomic E-state index is 13.4. The van der Waals surface area contributed by atoms with E-state index in [1.165, 1.54) is 6.92 Å². The van der Waals surface area contributed by atoms with Gasteiger partial charge in [-0.15, -0.1) is 0 Å². The molecule has 1 N–H and O–H groups in total. The van der Waals surface area contributed by atoms with Crippen molar-refractivity contribution in [3.63, 3.8) is 0 Å². The molecule has 0 bridgehead atoms. The molecule has 5 nitrogen and oxygen atoms in total. The second kappa shape index (κ2) is 8.43. The number of amides is 1. The Labute approximate surface area is 147 Å². The molecule has 0 spiro atoms. The lowest BCUT2D eigenvalue weighted by Crippen LogP contribution is -2.29. The van der Waals surface area contributed by atoms with Crippen LogP contribution in [0.3, 0.4) is 0 Å². The minimum absolute atomic E-state index is 0.215. The van der Waals surface area contributed by atoms with Crippen LogP contribution in [0.2, 0.25) is 5.02 Å². The fourth-order valence-electron chi connectivity index (χ4n) is 1.80. The molecule has 2 rings (SSSR count). The molecule has 8 heteroatoms. The van der Waals surface area contributed by atoms with Crippen LogP contribution in [0.4, 0.5) is 14.5 Å². The fourth-order valence-corrected chi connectivity index (χ4v) is 1.92. The maximum absolute atomic E-state index is 13.4. The lowest BCUT2D eigenvalue weighted by Gasteiger charge is -2.14. The normalized spacial score (nSPS) is 11.5. The Bertz CT molecular complexity index is 768. The highest BCUT2D eigenvalue weighted by molar-refractivity contribution is 6.30. The first-order chi connectivity index (χ1) is 11.8. The van der Waals surface area contributed by atoms with E-state index in [-0.39, 0.29) is 5.69 Å². The highest BCUT2D eigenvalue weighted by atomic mass is 35.5. The van der Waals surface area contributed by atoms with Gasteiger partial charge in [-0.3, -0.25) is 4.79 Å². The summed E-state index contributed by atoms with van der Waals surface area (Å²) in [5.74, 6) is -2.83. The Morgan fingerprint density at radius 1 is 1.16 bits per heavy atom. The number of anilines is 1. The molecule has 2 aromatic carbocycles. The number of carbonyl (C=O) groups excluding carboxylic acids is 2. The maximum Gasteiger partial charge on any atom is 0.347 e. The van der Waals surface area contributed by atoms with E-state index in [2.05, 4.69) is 5.32 Å². The molecule has 0 radical (unpaired) electrons. The number of halogens is 3. The number of hydrogen-bond donors (Lipinski definition) is 1. The van der Waals surface area contributed by atoms with Gasteiger partial charge < -0.3 is 14.8 Å². The minimum atomic E-state index is -0.962. The Hall–Kier alpha value is -2.67. The Morgan fingerprint density at radius 3 is 2.48 bits per heavy atom. The van der Waals surface area contributed by atoms with E-state index < -0.39 is 36.2 Å². The molecule has 1 amide bonds. The van der Waals surface area contributed by atoms with Gasteiger partial charge in [0.15, 0.2) is 12.7 Å². The SMILES string of the molecule is C[C@@H](Oc1ccc(Cl)cc1)C(=O)OCC(=O)Nc1ccc(F)cc1F. The highest BCUT2D eigenvalue weighted by Crippen LogP contribution is 2.17. The first kappa shape index (κ1) is 18.7. The summed E-state index contributed by atoms with van der Waals surface area (Å²) in [7, 11) is 0. The van der Waals surface area contributed by atoms with Gasteiger partial charge in [-0.1, -0.05) is 11.6 Å². The smallest absolute Gasteiger partial charge is 0.347 e. The second-order valence-corrected chi connectivity index (χ2v) is 5.43. The molecule has 0 saturated carbocycles. The fraction of sp³-hybridized carbons (Fsp3) is 0.176. The monoisotopic (exact) mass is 369 g/mol. The first-order valence-electron chi connectivity index (χ1n) is 7.19. The van der Waals surface area contributed by atoms with Gasteiger partial charge in [0.05, 0.1) is 5.69 Å². The average Bonchev–Trinajstić information content (AvgIpc) is 2.57. The van der Waals surface area contributed by atoms with E-state index in [1.54, 1.807) is 24.3 Å². The topological polar surface area (TPSA) is 64.6 Å². The third kappa shape index (κ3) is 5.72. The zero-order valence-electron chi connectivity index (χ0n) is 13.1. The molecule has 25 heavy (non-hydrogen) atoms. The standard InChI is InChI=1S/C17H14ClF2NO4/c1-10(25-13-5-2-11(18)3-6-13)17(23)24-9-16(22)21-15-7-4-12(19)8-14(15)20/h2-8,10H,9H2,1H3,(H,21,22)/t10-/m1/s1. The van der Waals surface area contributed by atoms with Gasteiger partial charge in [-0.25, -0.2) is 13.6 Å². The van der Waals surface area contributed by atoms with Gasteiger partial charge in [-0.2, -0.15) is 0 Å².